The van der Waals surface area contributed by atoms with Crippen molar-refractivity contribution >= 4 is 34.8 Å². The Labute approximate surface area is 167 Å². The minimum absolute atomic E-state index is 0.0538. The van der Waals surface area contributed by atoms with E-state index in [0.717, 1.165) is 5.69 Å². The van der Waals surface area contributed by atoms with Gasteiger partial charge in [0.15, 0.2) is 0 Å². The molecule has 1 aromatic carbocycles. The maximum Gasteiger partial charge on any atom is 0.341 e. The summed E-state index contributed by atoms with van der Waals surface area (Å²) >= 11 is 6.27. The van der Waals surface area contributed by atoms with Gasteiger partial charge < -0.3 is 14.5 Å². The fourth-order valence-electron chi connectivity index (χ4n) is 3.28. The van der Waals surface area contributed by atoms with Crippen LogP contribution in [0.15, 0.2) is 30.3 Å². The zero-order valence-corrected chi connectivity index (χ0v) is 16.5. The van der Waals surface area contributed by atoms with Gasteiger partial charge in [0.2, 0.25) is 5.82 Å². The van der Waals surface area contributed by atoms with Crippen molar-refractivity contribution in [3.63, 3.8) is 0 Å². The third-order valence-corrected chi connectivity index (χ3v) is 5.01. The summed E-state index contributed by atoms with van der Waals surface area (Å²) in [6.45, 7) is 5.90. The van der Waals surface area contributed by atoms with E-state index in [0.29, 0.717) is 31.9 Å². The molecule has 0 aliphatic carbocycles. The number of carbonyl (C=O) groups is 1. The van der Waals surface area contributed by atoms with Gasteiger partial charge in [-0.25, -0.2) is 9.78 Å². The van der Waals surface area contributed by atoms with E-state index in [9.17, 15) is 14.9 Å². The van der Waals surface area contributed by atoms with Crippen molar-refractivity contribution in [2.75, 3.05) is 42.6 Å². The van der Waals surface area contributed by atoms with Gasteiger partial charge in [-0.3, -0.25) is 10.1 Å². The molecule has 1 aliphatic rings. The molecule has 28 heavy (non-hydrogen) atoms. The number of anilines is 2. The van der Waals surface area contributed by atoms with Gasteiger partial charge in [-0.1, -0.05) is 29.8 Å². The van der Waals surface area contributed by atoms with Gasteiger partial charge in [0, 0.05) is 31.9 Å². The van der Waals surface area contributed by atoms with E-state index >= 15 is 0 Å². The van der Waals surface area contributed by atoms with E-state index in [1.807, 2.05) is 35.2 Å². The molecule has 0 N–H and O–H groups in total. The van der Waals surface area contributed by atoms with Crippen molar-refractivity contribution in [2.45, 2.75) is 13.8 Å². The fraction of sp³-hybridized carbons (Fsp3) is 0.368. The minimum Gasteiger partial charge on any atom is -0.462 e. The van der Waals surface area contributed by atoms with E-state index < -0.39 is 10.9 Å². The maximum absolute atomic E-state index is 12.2. The number of carbonyl (C=O) groups excluding carboxylic acids is 1. The summed E-state index contributed by atoms with van der Waals surface area (Å²) in [5.41, 5.74) is 1.01. The quantitative estimate of drug-likeness (QED) is 0.428. The molecule has 0 radical (unpaired) electrons. The molecule has 1 aliphatic heterocycles. The normalized spacial score (nSPS) is 14.1. The highest BCUT2D eigenvalue weighted by atomic mass is 35.5. The van der Waals surface area contributed by atoms with E-state index in [1.54, 1.807) is 13.8 Å². The van der Waals surface area contributed by atoms with Crippen LogP contribution in [0.5, 0.6) is 0 Å². The topological polar surface area (TPSA) is 88.8 Å². The second kappa shape index (κ2) is 8.43. The number of nitro groups is 1. The lowest BCUT2D eigenvalue weighted by Crippen LogP contribution is -2.47. The van der Waals surface area contributed by atoms with Crippen LogP contribution >= 0.6 is 11.6 Å². The number of hydrogen-bond donors (Lipinski definition) is 0. The summed E-state index contributed by atoms with van der Waals surface area (Å²) in [6.07, 6.45) is 0. The van der Waals surface area contributed by atoms with Gasteiger partial charge in [0.05, 0.1) is 17.2 Å². The predicted molar refractivity (Wildman–Crippen MR) is 107 cm³/mol. The van der Waals surface area contributed by atoms with Crippen molar-refractivity contribution in [2.24, 2.45) is 0 Å². The molecule has 0 unspecified atom stereocenters. The number of hydrogen-bond acceptors (Lipinski definition) is 7. The lowest BCUT2D eigenvalue weighted by atomic mass is 10.1. The van der Waals surface area contributed by atoms with Gasteiger partial charge in [-0.2, -0.15) is 0 Å². The maximum atomic E-state index is 12.2. The average Bonchev–Trinajstić information content (AvgIpc) is 2.68. The van der Waals surface area contributed by atoms with Gasteiger partial charge in [-0.15, -0.1) is 0 Å². The van der Waals surface area contributed by atoms with Crippen molar-refractivity contribution in [1.82, 2.24) is 4.98 Å². The van der Waals surface area contributed by atoms with Crippen molar-refractivity contribution < 1.29 is 14.5 Å². The number of nitrogens with zero attached hydrogens (tertiary/aromatic N) is 4. The fourth-order valence-corrected chi connectivity index (χ4v) is 3.65. The average molecular weight is 405 g/mol. The van der Waals surface area contributed by atoms with Gasteiger partial charge in [-0.05, 0) is 26.0 Å². The highest BCUT2D eigenvalue weighted by Gasteiger charge is 2.33. The summed E-state index contributed by atoms with van der Waals surface area (Å²) < 4.78 is 4.97. The molecule has 1 saturated heterocycles. The van der Waals surface area contributed by atoms with Gasteiger partial charge in [0.25, 0.3) is 0 Å². The molecule has 1 fully saturated rings. The first-order valence-electron chi connectivity index (χ1n) is 9.00. The molecule has 0 atom stereocenters. The van der Waals surface area contributed by atoms with Crippen LogP contribution < -0.4 is 9.80 Å². The monoisotopic (exact) mass is 404 g/mol. The number of para-hydroxylation sites is 1. The Hall–Kier alpha value is -2.87. The zero-order valence-electron chi connectivity index (χ0n) is 15.7. The van der Waals surface area contributed by atoms with Gasteiger partial charge in [0.1, 0.15) is 10.6 Å². The molecule has 8 nitrogen and oxygen atoms in total. The number of aryl methyl sites for hydroxylation is 1. The number of esters is 1. The number of piperazine rings is 1. The molecule has 0 bridgehead atoms. The van der Waals surface area contributed by atoms with Crippen LogP contribution in [0.25, 0.3) is 0 Å². The Bertz CT molecular complexity index is 883. The lowest BCUT2D eigenvalue weighted by Gasteiger charge is -2.36. The minimum atomic E-state index is -0.707. The van der Waals surface area contributed by atoms with Crippen LogP contribution in [0, 0.1) is 17.0 Å². The third-order valence-electron chi connectivity index (χ3n) is 4.64. The Morgan fingerprint density at radius 1 is 1.21 bits per heavy atom. The van der Waals surface area contributed by atoms with E-state index in [2.05, 4.69) is 9.88 Å². The SMILES string of the molecule is CCOC(=O)c1c(C)nc(N2CCN(c3ccccc3)CC2)c([N+](=O)[O-])c1Cl. The molecule has 0 spiro atoms. The zero-order chi connectivity index (χ0) is 20.3. The van der Waals surface area contributed by atoms with E-state index in [-0.39, 0.29) is 28.7 Å². The summed E-state index contributed by atoms with van der Waals surface area (Å²) in [4.78, 5) is 31.7. The Kier molecular flexibility index (Phi) is 5.99. The Balaban J connectivity index is 1.90. The van der Waals surface area contributed by atoms with Crippen molar-refractivity contribution in [1.29, 1.82) is 0 Å². The number of halogens is 1. The standard InChI is InChI=1S/C19H21ClN4O4/c1-3-28-19(25)15-13(2)21-18(17(16(15)20)24(26)27)23-11-9-22(10-12-23)14-7-5-4-6-8-14/h4-8H,3,9-12H2,1-2H3. The van der Waals surface area contributed by atoms with Crippen LogP contribution in [0.4, 0.5) is 17.2 Å². The molecule has 2 aromatic rings. The van der Waals surface area contributed by atoms with Crippen LogP contribution in [0.3, 0.4) is 0 Å². The molecule has 148 valence electrons. The molecule has 0 amide bonds. The highest BCUT2D eigenvalue weighted by molar-refractivity contribution is 6.36. The summed E-state index contributed by atoms with van der Waals surface area (Å²) in [5.74, 6) is -0.519. The number of aromatic nitrogens is 1. The van der Waals surface area contributed by atoms with Crippen LogP contribution in [0.2, 0.25) is 5.02 Å². The molecular weight excluding hydrogens is 384 g/mol. The second-order valence-electron chi connectivity index (χ2n) is 6.35. The Morgan fingerprint density at radius 3 is 2.39 bits per heavy atom. The molecule has 9 heteroatoms. The number of pyridine rings is 1. The predicted octanol–water partition coefficient (Wildman–Crippen LogP) is 3.45. The summed E-state index contributed by atoms with van der Waals surface area (Å²) in [5, 5.41) is 11.5. The molecular formula is C19H21ClN4O4. The third kappa shape index (κ3) is 3.87. The molecule has 1 aromatic heterocycles. The molecule has 0 saturated carbocycles. The first-order valence-corrected chi connectivity index (χ1v) is 9.38. The molecule has 2 heterocycles. The number of benzene rings is 1. The summed E-state index contributed by atoms with van der Waals surface area (Å²) in [7, 11) is 0. The molecule has 3 rings (SSSR count). The van der Waals surface area contributed by atoms with Crippen LogP contribution in [-0.2, 0) is 4.74 Å². The smallest absolute Gasteiger partial charge is 0.341 e. The largest absolute Gasteiger partial charge is 0.462 e. The number of ether oxygens (including phenoxy) is 1. The lowest BCUT2D eigenvalue weighted by molar-refractivity contribution is -0.384. The highest BCUT2D eigenvalue weighted by Crippen LogP contribution is 2.38. The van der Waals surface area contributed by atoms with Crippen LogP contribution in [-0.4, -0.2) is 48.7 Å². The first-order chi connectivity index (χ1) is 13.4. The number of rotatable bonds is 5. The van der Waals surface area contributed by atoms with Gasteiger partial charge >= 0.3 is 11.7 Å². The van der Waals surface area contributed by atoms with Crippen LogP contribution in [0.1, 0.15) is 23.0 Å². The van der Waals surface area contributed by atoms with Crippen molar-refractivity contribution in [3.05, 3.63) is 56.7 Å². The Morgan fingerprint density at radius 2 is 1.82 bits per heavy atom. The first kappa shape index (κ1) is 19.9. The van der Waals surface area contributed by atoms with E-state index in [1.165, 1.54) is 0 Å². The second-order valence-corrected chi connectivity index (χ2v) is 6.72. The van der Waals surface area contributed by atoms with Crippen molar-refractivity contribution in [3.8, 4) is 0 Å². The summed E-state index contributed by atoms with van der Waals surface area (Å²) in [6, 6.07) is 9.98. The van der Waals surface area contributed by atoms with E-state index in [4.69, 9.17) is 16.3 Å².